The molecule has 1 atom stereocenters. The number of piperazine rings is 1. The highest BCUT2D eigenvalue weighted by atomic mass is 16.5. The molecule has 192 valence electrons. The Balaban J connectivity index is 1.14. The summed E-state index contributed by atoms with van der Waals surface area (Å²) < 4.78 is 5.52. The van der Waals surface area contributed by atoms with Crippen LogP contribution in [-0.2, 0) is 9.59 Å². The molecule has 10 nitrogen and oxygen atoms in total. The molecule has 36 heavy (non-hydrogen) atoms. The second-order valence-corrected chi connectivity index (χ2v) is 10.2. The van der Waals surface area contributed by atoms with Crippen molar-refractivity contribution in [2.75, 3.05) is 32.7 Å². The van der Waals surface area contributed by atoms with Crippen LogP contribution in [0.1, 0.15) is 57.9 Å². The molecule has 0 radical (unpaired) electrons. The number of nitrogens with one attached hydrogen (secondary N) is 1. The molecule has 0 bridgehead atoms. The Hall–Kier alpha value is -3.27. The number of benzene rings is 1. The van der Waals surface area contributed by atoms with Gasteiger partial charge in [0.2, 0.25) is 17.6 Å². The molecule has 10 heteroatoms. The van der Waals surface area contributed by atoms with Gasteiger partial charge in [-0.25, -0.2) is 4.79 Å². The van der Waals surface area contributed by atoms with E-state index in [1.807, 2.05) is 37.3 Å². The third-order valence-electron chi connectivity index (χ3n) is 8.12. The highest BCUT2D eigenvalue weighted by Crippen LogP contribution is 2.37. The van der Waals surface area contributed by atoms with Gasteiger partial charge < -0.3 is 14.7 Å². The lowest BCUT2D eigenvalue weighted by Crippen LogP contribution is -2.53. The second kappa shape index (κ2) is 10.0. The van der Waals surface area contributed by atoms with Crippen molar-refractivity contribution >= 4 is 17.8 Å². The van der Waals surface area contributed by atoms with Crippen LogP contribution in [0.25, 0.3) is 11.4 Å². The molecule has 1 aromatic carbocycles. The summed E-state index contributed by atoms with van der Waals surface area (Å²) >= 11 is 0. The van der Waals surface area contributed by atoms with E-state index in [1.54, 1.807) is 4.90 Å². The number of nitrogens with zero attached hydrogens (tertiary/aromatic N) is 5. The molecule has 2 saturated heterocycles. The number of rotatable bonds is 6. The molecule has 5 rings (SSSR count). The zero-order chi connectivity index (χ0) is 25.3. The van der Waals surface area contributed by atoms with E-state index >= 15 is 0 Å². The highest BCUT2D eigenvalue weighted by Gasteiger charge is 2.52. The Morgan fingerprint density at radius 2 is 1.83 bits per heavy atom. The number of hydrogen-bond acceptors (Lipinski definition) is 7. The third-order valence-corrected chi connectivity index (χ3v) is 8.12. The monoisotopic (exact) mass is 494 g/mol. The molecular formula is C26H34N6O4. The topological polar surface area (TPSA) is 112 Å². The fourth-order valence-electron chi connectivity index (χ4n) is 5.60. The quantitative estimate of drug-likeness (QED) is 0.615. The van der Waals surface area contributed by atoms with Crippen LogP contribution in [0, 0.1) is 5.92 Å². The van der Waals surface area contributed by atoms with Gasteiger partial charge in [0.25, 0.3) is 5.91 Å². The van der Waals surface area contributed by atoms with Crippen LogP contribution in [0.2, 0.25) is 0 Å². The van der Waals surface area contributed by atoms with Gasteiger partial charge in [0.15, 0.2) is 0 Å². The summed E-state index contributed by atoms with van der Waals surface area (Å²) in [5.41, 5.74) is 0.0793. The molecule has 3 fully saturated rings. The Morgan fingerprint density at radius 1 is 1.14 bits per heavy atom. The minimum absolute atomic E-state index is 0.0868. The van der Waals surface area contributed by atoms with Crippen LogP contribution >= 0.6 is 0 Å². The lowest BCUT2D eigenvalue weighted by Gasteiger charge is -2.37. The average molecular weight is 495 g/mol. The van der Waals surface area contributed by atoms with Crippen LogP contribution in [0.3, 0.4) is 0 Å². The maximum Gasteiger partial charge on any atom is 0.325 e. The molecule has 1 N–H and O–H groups in total. The molecule has 2 aliphatic heterocycles. The second-order valence-electron chi connectivity index (χ2n) is 10.2. The van der Waals surface area contributed by atoms with Gasteiger partial charge in [0, 0.05) is 31.7 Å². The summed E-state index contributed by atoms with van der Waals surface area (Å²) in [4.78, 5) is 48.4. The standard InChI is InChI=1S/C26H34N6O4/c1-3-19-9-11-26(12-10-19)24(34)32(25(35)28-26)17-21(33)31-15-13-30(14-16-31)18(2)23-27-22(29-36-23)20-7-5-4-6-8-20/h4-8,18-19H,3,9-17H2,1-2H3,(H,28,35). The van der Waals surface area contributed by atoms with E-state index < -0.39 is 11.6 Å². The van der Waals surface area contributed by atoms with Crippen molar-refractivity contribution in [2.45, 2.75) is 57.5 Å². The Bertz CT molecular complexity index is 1100. The summed E-state index contributed by atoms with van der Waals surface area (Å²) in [6, 6.07) is 9.15. The first-order valence-electron chi connectivity index (χ1n) is 12.9. The zero-order valence-electron chi connectivity index (χ0n) is 21.0. The number of urea groups is 1. The molecule has 1 unspecified atom stereocenters. The van der Waals surface area contributed by atoms with E-state index in [9.17, 15) is 14.4 Å². The minimum atomic E-state index is -0.820. The SMILES string of the molecule is CCC1CCC2(CC1)NC(=O)N(CC(=O)N1CCN(C(C)c3nc(-c4ccccc4)no3)CC1)C2=O. The maximum absolute atomic E-state index is 13.1. The fraction of sp³-hybridized carbons (Fsp3) is 0.577. The van der Waals surface area contributed by atoms with Crippen LogP contribution in [0.5, 0.6) is 0 Å². The molecule has 1 aromatic heterocycles. The van der Waals surface area contributed by atoms with E-state index in [1.165, 1.54) is 0 Å². The fourth-order valence-corrected chi connectivity index (χ4v) is 5.60. The van der Waals surface area contributed by atoms with Crippen molar-refractivity contribution in [3.63, 3.8) is 0 Å². The first-order chi connectivity index (χ1) is 17.4. The lowest BCUT2D eigenvalue weighted by molar-refractivity contribution is -0.140. The van der Waals surface area contributed by atoms with E-state index in [0.29, 0.717) is 56.7 Å². The van der Waals surface area contributed by atoms with Crippen LogP contribution in [0.4, 0.5) is 4.79 Å². The lowest BCUT2D eigenvalue weighted by atomic mass is 9.75. The largest absolute Gasteiger partial charge is 0.339 e. The van der Waals surface area contributed by atoms with Gasteiger partial charge in [0.1, 0.15) is 12.1 Å². The molecule has 1 saturated carbocycles. The first kappa shape index (κ1) is 24.4. The highest BCUT2D eigenvalue weighted by molar-refractivity contribution is 6.09. The number of carbonyl (C=O) groups excluding carboxylic acids is 3. The molecule has 3 heterocycles. The summed E-state index contributed by atoms with van der Waals surface area (Å²) in [6.07, 6.45) is 4.25. The van der Waals surface area contributed by atoms with Gasteiger partial charge in [-0.05, 0) is 38.5 Å². The van der Waals surface area contributed by atoms with E-state index in [0.717, 1.165) is 29.7 Å². The summed E-state index contributed by atoms with van der Waals surface area (Å²) in [7, 11) is 0. The van der Waals surface area contributed by atoms with Gasteiger partial charge in [-0.2, -0.15) is 4.98 Å². The number of hydrogen-bond donors (Lipinski definition) is 1. The first-order valence-corrected chi connectivity index (χ1v) is 12.9. The van der Waals surface area contributed by atoms with Crippen molar-refractivity contribution in [3.05, 3.63) is 36.2 Å². The zero-order valence-corrected chi connectivity index (χ0v) is 21.0. The van der Waals surface area contributed by atoms with Gasteiger partial charge in [-0.1, -0.05) is 48.8 Å². The molecule has 4 amide bonds. The van der Waals surface area contributed by atoms with Gasteiger partial charge in [-0.3, -0.25) is 19.4 Å². The van der Waals surface area contributed by atoms with Gasteiger partial charge >= 0.3 is 6.03 Å². The van der Waals surface area contributed by atoms with E-state index in [-0.39, 0.29) is 24.4 Å². The van der Waals surface area contributed by atoms with E-state index in [2.05, 4.69) is 27.3 Å². The average Bonchev–Trinajstić information content (AvgIpc) is 3.49. The van der Waals surface area contributed by atoms with Gasteiger partial charge in [0.05, 0.1) is 6.04 Å². The molecule has 1 aliphatic carbocycles. The van der Waals surface area contributed by atoms with Crippen LogP contribution in [-0.4, -0.2) is 80.9 Å². The molecule has 1 spiro atoms. The summed E-state index contributed by atoms with van der Waals surface area (Å²) in [6.45, 7) is 6.26. The number of imide groups is 1. The van der Waals surface area contributed by atoms with E-state index in [4.69, 9.17) is 4.52 Å². The van der Waals surface area contributed by atoms with Crippen LogP contribution < -0.4 is 5.32 Å². The number of amides is 4. The predicted octanol–water partition coefficient (Wildman–Crippen LogP) is 2.83. The van der Waals surface area contributed by atoms with Crippen LogP contribution in [0.15, 0.2) is 34.9 Å². The van der Waals surface area contributed by atoms with Crippen molar-refractivity contribution in [1.82, 2.24) is 30.2 Å². The summed E-state index contributed by atoms with van der Waals surface area (Å²) in [5, 5.41) is 7.02. The predicted molar refractivity (Wildman–Crippen MR) is 132 cm³/mol. The van der Waals surface area contributed by atoms with Gasteiger partial charge in [-0.15, -0.1) is 0 Å². The van der Waals surface area contributed by atoms with Crippen molar-refractivity contribution in [2.24, 2.45) is 5.92 Å². The summed E-state index contributed by atoms with van der Waals surface area (Å²) in [5.74, 6) is 1.26. The Kier molecular flexibility index (Phi) is 6.79. The Labute approximate surface area is 211 Å². The molecule has 3 aliphatic rings. The maximum atomic E-state index is 13.1. The Morgan fingerprint density at radius 3 is 2.50 bits per heavy atom. The molecule has 2 aromatic rings. The number of aromatic nitrogens is 2. The minimum Gasteiger partial charge on any atom is -0.339 e. The smallest absolute Gasteiger partial charge is 0.325 e. The van der Waals surface area contributed by atoms with Crippen molar-refractivity contribution < 1.29 is 18.9 Å². The molecular weight excluding hydrogens is 460 g/mol. The van der Waals surface area contributed by atoms with Crippen molar-refractivity contribution in [1.29, 1.82) is 0 Å². The number of carbonyl (C=O) groups is 3. The van der Waals surface area contributed by atoms with Crippen molar-refractivity contribution in [3.8, 4) is 11.4 Å². The normalized spacial score (nSPS) is 25.9. The third kappa shape index (κ3) is 4.61.